The lowest BCUT2D eigenvalue weighted by Gasteiger charge is -1.89. The van der Waals surface area contributed by atoms with E-state index in [0.29, 0.717) is 4.88 Å². The summed E-state index contributed by atoms with van der Waals surface area (Å²) < 4.78 is 1.83. The number of nitrogens with zero attached hydrogens (tertiary/aromatic N) is 2. The molecule has 0 aliphatic carbocycles. The zero-order chi connectivity index (χ0) is 9.97. The Labute approximate surface area is 89.0 Å². The molecule has 1 amide bonds. The van der Waals surface area contributed by atoms with E-state index in [1.807, 2.05) is 34.6 Å². The maximum absolute atomic E-state index is 11.6. The average molecular weight is 224 g/mol. The van der Waals surface area contributed by atoms with Gasteiger partial charge in [-0.2, -0.15) is 4.99 Å². The lowest BCUT2D eigenvalue weighted by atomic mass is 10.4. The van der Waals surface area contributed by atoms with Crippen molar-refractivity contribution in [1.82, 2.24) is 4.57 Å². The SMILES string of the molecule is Cn1ccsc1=NC(=O)c1cccs1. The molecule has 2 heterocycles. The summed E-state index contributed by atoms with van der Waals surface area (Å²) in [4.78, 5) is 17.0. The second-order valence-electron chi connectivity index (χ2n) is 2.69. The van der Waals surface area contributed by atoms with Gasteiger partial charge in [-0.1, -0.05) is 6.07 Å². The highest BCUT2D eigenvalue weighted by Gasteiger charge is 2.04. The third-order valence-corrected chi connectivity index (χ3v) is 3.39. The van der Waals surface area contributed by atoms with Gasteiger partial charge in [-0.3, -0.25) is 4.79 Å². The molecule has 0 unspecified atom stereocenters. The summed E-state index contributed by atoms with van der Waals surface area (Å²) in [6.45, 7) is 0. The molecule has 2 rings (SSSR count). The van der Waals surface area contributed by atoms with Gasteiger partial charge in [-0.25, -0.2) is 0 Å². The molecule has 2 aromatic rings. The van der Waals surface area contributed by atoms with Crippen LogP contribution < -0.4 is 4.80 Å². The van der Waals surface area contributed by atoms with Crippen LogP contribution in [0.2, 0.25) is 0 Å². The largest absolute Gasteiger partial charge is 0.327 e. The molecular weight excluding hydrogens is 216 g/mol. The lowest BCUT2D eigenvalue weighted by molar-refractivity contribution is 0.100. The summed E-state index contributed by atoms with van der Waals surface area (Å²) >= 11 is 2.87. The van der Waals surface area contributed by atoms with E-state index in [2.05, 4.69) is 4.99 Å². The van der Waals surface area contributed by atoms with Crippen molar-refractivity contribution in [2.75, 3.05) is 0 Å². The minimum absolute atomic E-state index is 0.168. The molecule has 0 aliphatic heterocycles. The van der Waals surface area contributed by atoms with Crippen molar-refractivity contribution in [3.05, 3.63) is 38.8 Å². The Morgan fingerprint density at radius 3 is 2.86 bits per heavy atom. The maximum atomic E-state index is 11.6. The maximum Gasteiger partial charge on any atom is 0.289 e. The second kappa shape index (κ2) is 3.89. The van der Waals surface area contributed by atoms with Crippen LogP contribution in [0.3, 0.4) is 0 Å². The first kappa shape index (κ1) is 9.36. The van der Waals surface area contributed by atoms with E-state index in [9.17, 15) is 4.79 Å². The summed E-state index contributed by atoms with van der Waals surface area (Å²) in [5, 5.41) is 3.78. The molecule has 0 saturated heterocycles. The molecule has 0 atom stereocenters. The lowest BCUT2D eigenvalue weighted by Crippen LogP contribution is -2.11. The smallest absolute Gasteiger partial charge is 0.289 e. The molecule has 14 heavy (non-hydrogen) atoms. The Hall–Kier alpha value is -1.20. The third-order valence-electron chi connectivity index (χ3n) is 1.69. The number of amides is 1. The topological polar surface area (TPSA) is 34.4 Å². The monoisotopic (exact) mass is 224 g/mol. The van der Waals surface area contributed by atoms with Gasteiger partial charge in [-0.15, -0.1) is 22.7 Å². The molecule has 0 radical (unpaired) electrons. The average Bonchev–Trinajstić information content (AvgIpc) is 2.77. The number of thiazole rings is 1. The number of thiophene rings is 1. The van der Waals surface area contributed by atoms with Crippen LogP contribution in [0.1, 0.15) is 9.67 Å². The number of carbonyl (C=O) groups excluding carboxylic acids is 1. The second-order valence-corrected chi connectivity index (χ2v) is 4.51. The highest BCUT2D eigenvalue weighted by atomic mass is 32.1. The zero-order valence-corrected chi connectivity index (χ0v) is 9.14. The van der Waals surface area contributed by atoms with Crippen LogP contribution >= 0.6 is 22.7 Å². The van der Waals surface area contributed by atoms with Crippen LogP contribution in [0, 0.1) is 0 Å². The van der Waals surface area contributed by atoms with E-state index in [0.717, 1.165) is 4.80 Å². The Balaban J connectivity index is 2.37. The van der Waals surface area contributed by atoms with Gasteiger partial charge in [0, 0.05) is 18.6 Å². The number of hydrogen-bond acceptors (Lipinski definition) is 3. The van der Waals surface area contributed by atoms with Crippen molar-refractivity contribution in [1.29, 1.82) is 0 Å². The van der Waals surface area contributed by atoms with Gasteiger partial charge in [0.1, 0.15) is 0 Å². The van der Waals surface area contributed by atoms with E-state index < -0.39 is 0 Å². The Morgan fingerprint density at radius 2 is 2.29 bits per heavy atom. The van der Waals surface area contributed by atoms with E-state index >= 15 is 0 Å². The van der Waals surface area contributed by atoms with Crippen molar-refractivity contribution in [3.8, 4) is 0 Å². The normalized spacial score (nSPS) is 11.9. The molecule has 0 bridgehead atoms. The highest BCUT2D eigenvalue weighted by molar-refractivity contribution is 7.12. The zero-order valence-electron chi connectivity index (χ0n) is 7.51. The molecule has 72 valence electrons. The van der Waals surface area contributed by atoms with Gasteiger partial charge < -0.3 is 4.57 Å². The van der Waals surface area contributed by atoms with Crippen LogP contribution in [-0.4, -0.2) is 10.5 Å². The number of aryl methyl sites for hydroxylation is 1. The molecule has 0 N–H and O–H groups in total. The summed E-state index contributed by atoms with van der Waals surface area (Å²) in [7, 11) is 1.87. The predicted molar refractivity (Wildman–Crippen MR) is 57.5 cm³/mol. The number of carbonyl (C=O) groups is 1. The third kappa shape index (κ3) is 1.83. The fourth-order valence-corrected chi connectivity index (χ4v) is 2.31. The first-order valence-electron chi connectivity index (χ1n) is 4.00. The number of rotatable bonds is 1. The van der Waals surface area contributed by atoms with E-state index in [1.54, 1.807) is 6.07 Å². The van der Waals surface area contributed by atoms with Crippen molar-refractivity contribution >= 4 is 28.6 Å². The summed E-state index contributed by atoms with van der Waals surface area (Å²) in [6.07, 6.45) is 1.88. The first-order chi connectivity index (χ1) is 6.77. The van der Waals surface area contributed by atoms with E-state index in [-0.39, 0.29) is 5.91 Å². The summed E-state index contributed by atoms with van der Waals surface area (Å²) in [5.41, 5.74) is 0. The quantitative estimate of drug-likeness (QED) is 0.728. The minimum atomic E-state index is -0.168. The highest BCUT2D eigenvalue weighted by Crippen LogP contribution is 2.09. The van der Waals surface area contributed by atoms with Crippen molar-refractivity contribution in [2.45, 2.75) is 0 Å². The Bertz CT molecular complexity index is 493. The Kier molecular flexibility index (Phi) is 2.60. The molecular formula is C9H8N2OS2. The minimum Gasteiger partial charge on any atom is -0.327 e. The molecule has 0 saturated carbocycles. The summed E-state index contributed by atoms with van der Waals surface area (Å²) in [6, 6.07) is 3.63. The van der Waals surface area contributed by atoms with Gasteiger partial charge in [0.25, 0.3) is 5.91 Å². The van der Waals surface area contributed by atoms with Crippen LogP contribution in [0.15, 0.2) is 34.1 Å². The van der Waals surface area contributed by atoms with Crippen LogP contribution in [0.5, 0.6) is 0 Å². The molecule has 0 aliphatic rings. The number of hydrogen-bond donors (Lipinski definition) is 0. The van der Waals surface area contributed by atoms with Crippen molar-refractivity contribution < 1.29 is 4.79 Å². The first-order valence-corrected chi connectivity index (χ1v) is 5.76. The fourth-order valence-electron chi connectivity index (χ4n) is 0.977. The van der Waals surface area contributed by atoms with Gasteiger partial charge >= 0.3 is 0 Å². The van der Waals surface area contributed by atoms with Crippen molar-refractivity contribution in [3.63, 3.8) is 0 Å². The van der Waals surface area contributed by atoms with Gasteiger partial charge in [-0.05, 0) is 11.4 Å². The van der Waals surface area contributed by atoms with Gasteiger partial charge in [0.05, 0.1) is 4.88 Å². The standard InChI is InChI=1S/C9H8N2OS2/c1-11-4-6-14-9(11)10-8(12)7-3-2-5-13-7/h2-6H,1H3. The molecule has 0 spiro atoms. The molecule has 3 nitrogen and oxygen atoms in total. The van der Waals surface area contributed by atoms with Gasteiger partial charge in [0.15, 0.2) is 4.80 Å². The fraction of sp³-hybridized carbons (Fsp3) is 0.111. The van der Waals surface area contributed by atoms with E-state index in [1.165, 1.54) is 22.7 Å². The van der Waals surface area contributed by atoms with Crippen molar-refractivity contribution in [2.24, 2.45) is 12.0 Å². The predicted octanol–water partition coefficient (Wildman–Crippen LogP) is 1.89. The van der Waals surface area contributed by atoms with E-state index in [4.69, 9.17) is 0 Å². The molecule has 5 heteroatoms. The molecule has 0 aromatic carbocycles. The Morgan fingerprint density at radius 1 is 1.43 bits per heavy atom. The van der Waals surface area contributed by atoms with Crippen LogP contribution in [-0.2, 0) is 7.05 Å². The van der Waals surface area contributed by atoms with Crippen LogP contribution in [0.4, 0.5) is 0 Å². The summed E-state index contributed by atoms with van der Waals surface area (Å²) in [5.74, 6) is -0.168. The number of aromatic nitrogens is 1. The van der Waals surface area contributed by atoms with Gasteiger partial charge in [0.2, 0.25) is 0 Å². The molecule has 0 fully saturated rings. The molecule has 2 aromatic heterocycles. The van der Waals surface area contributed by atoms with Crippen LogP contribution in [0.25, 0.3) is 0 Å².